The number of nitrogens with zero attached hydrogens (tertiary/aromatic N) is 1. The summed E-state index contributed by atoms with van der Waals surface area (Å²) in [5.41, 5.74) is 0.947. The molecule has 0 radical (unpaired) electrons. The van der Waals surface area contributed by atoms with Crippen LogP contribution in [0.1, 0.15) is 96.8 Å². The molecule has 1 saturated carbocycles. The van der Waals surface area contributed by atoms with Crippen LogP contribution in [0.3, 0.4) is 0 Å². The lowest BCUT2D eigenvalue weighted by Crippen LogP contribution is -2.43. The SMILES string of the molecule is CC[C@H](C)C[C@H](C)/C=C(\C)[C@@H]1O[C@H](c2c3c(cn(C)c2=O)[C@]2(O)CCC(=O)C[C@@H]2O3)CC[C@H]1C. The van der Waals surface area contributed by atoms with E-state index >= 15 is 0 Å². The first-order valence-electron chi connectivity index (χ1n) is 13.0. The van der Waals surface area contributed by atoms with E-state index in [1.165, 1.54) is 16.6 Å². The van der Waals surface area contributed by atoms with Gasteiger partial charge >= 0.3 is 0 Å². The second-order valence-electron chi connectivity index (χ2n) is 11.2. The maximum absolute atomic E-state index is 13.3. The summed E-state index contributed by atoms with van der Waals surface area (Å²) >= 11 is 0. The van der Waals surface area contributed by atoms with Crippen LogP contribution < -0.4 is 10.3 Å². The number of pyridine rings is 1. The average molecular weight is 472 g/mol. The van der Waals surface area contributed by atoms with Crippen molar-refractivity contribution in [3.63, 3.8) is 0 Å². The average Bonchev–Trinajstić information content (AvgIpc) is 3.06. The summed E-state index contributed by atoms with van der Waals surface area (Å²) in [7, 11) is 1.71. The minimum Gasteiger partial charge on any atom is -0.486 e. The van der Waals surface area contributed by atoms with Gasteiger partial charge in [-0.05, 0) is 55.9 Å². The van der Waals surface area contributed by atoms with Crippen LogP contribution in [-0.2, 0) is 22.2 Å². The number of carbonyl (C=O) groups is 1. The van der Waals surface area contributed by atoms with Crippen LogP contribution in [-0.4, -0.2) is 27.7 Å². The number of ether oxygens (including phenoxy) is 2. The predicted molar refractivity (Wildman–Crippen MR) is 132 cm³/mol. The molecule has 0 bridgehead atoms. The highest BCUT2D eigenvalue weighted by atomic mass is 16.5. The molecule has 7 atom stereocenters. The van der Waals surface area contributed by atoms with Crippen molar-refractivity contribution in [2.45, 2.75) is 103 Å². The second-order valence-corrected chi connectivity index (χ2v) is 11.2. The molecule has 2 fully saturated rings. The minimum atomic E-state index is -1.23. The lowest BCUT2D eigenvalue weighted by atomic mass is 9.78. The number of Topliss-reactive ketones (excluding diaryl/α,β-unsaturated/α-hetero) is 1. The monoisotopic (exact) mass is 471 g/mol. The smallest absolute Gasteiger partial charge is 0.259 e. The van der Waals surface area contributed by atoms with E-state index in [0.29, 0.717) is 47.5 Å². The Balaban J connectivity index is 1.65. The van der Waals surface area contributed by atoms with Crippen LogP contribution in [0.15, 0.2) is 22.6 Å². The number of aliphatic hydroxyl groups is 1. The van der Waals surface area contributed by atoms with Crippen molar-refractivity contribution in [1.82, 2.24) is 4.57 Å². The van der Waals surface area contributed by atoms with Crippen molar-refractivity contribution in [3.05, 3.63) is 39.3 Å². The largest absolute Gasteiger partial charge is 0.486 e. The molecule has 0 unspecified atom stereocenters. The Bertz CT molecular complexity index is 1030. The molecule has 1 aliphatic carbocycles. The standard InChI is InChI=1S/C28H41NO5/c1-7-16(2)12-17(3)13-19(5)25-18(4)8-9-22(33-25)24-26-21(15-29(6)27(24)31)28(32)11-10-20(30)14-23(28)34-26/h13,15-18,22-23,25,32H,7-12,14H2,1-6H3/b19-13+/t16-,17-,18+,22-,23-,25+,28+/m0/s1. The molecule has 0 aromatic carbocycles. The topological polar surface area (TPSA) is 77.8 Å². The van der Waals surface area contributed by atoms with Gasteiger partial charge in [0, 0.05) is 31.6 Å². The Hall–Kier alpha value is -1.92. The molecule has 1 aromatic rings. The van der Waals surface area contributed by atoms with E-state index in [9.17, 15) is 14.7 Å². The van der Waals surface area contributed by atoms with E-state index in [4.69, 9.17) is 9.47 Å². The van der Waals surface area contributed by atoms with Crippen LogP contribution in [0.4, 0.5) is 0 Å². The molecule has 2 aliphatic heterocycles. The van der Waals surface area contributed by atoms with Crippen molar-refractivity contribution in [2.24, 2.45) is 24.8 Å². The molecular weight excluding hydrogens is 430 g/mol. The van der Waals surface area contributed by atoms with Gasteiger partial charge in [-0.2, -0.15) is 0 Å². The van der Waals surface area contributed by atoms with Crippen molar-refractivity contribution in [1.29, 1.82) is 0 Å². The molecule has 6 heteroatoms. The van der Waals surface area contributed by atoms with Gasteiger partial charge in [0.05, 0.1) is 17.8 Å². The predicted octanol–water partition coefficient (Wildman–Crippen LogP) is 4.96. The van der Waals surface area contributed by atoms with Gasteiger partial charge in [-0.1, -0.05) is 40.2 Å². The Morgan fingerprint density at radius 3 is 2.76 bits per heavy atom. The van der Waals surface area contributed by atoms with E-state index < -0.39 is 17.8 Å². The normalized spacial score (nSPS) is 33.1. The highest BCUT2D eigenvalue weighted by Crippen LogP contribution is 2.51. The number of fused-ring (bicyclic) bond motifs is 3. The summed E-state index contributed by atoms with van der Waals surface area (Å²) in [6.45, 7) is 11.1. The van der Waals surface area contributed by atoms with Crippen LogP contribution in [0.25, 0.3) is 0 Å². The summed E-state index contributed by atoms with van der Waals surface area (Å²) in [4.78, 5) is 25.4. The van der Waals surface area contributed by atoms with Gasteiger partial charge in [0.25, 0.3) is 5.56 Å². The number of aryl methyl sites for hydroxylation is 1. The number of hydrogen-bond donors (Lipinski definition) is 1. The first-order valence-corrected chi connectivity index (χ1v) is 13.0. The lowest BCUT2D eigenvalue weighted by Gasteiger charge is -2.36. The summed E-state index contributed by atoms with van der Waals surface area (Å²) < 4.78 is 14.3. The third-order valence-corrected chi connectivity index (χ3v) is 8.32. The van der Waals surface area contributed by atoms with Crippen LogP contribution in [0, 0.1) is 17.8 Å². The Kier molecular flexibility index (Phi) is 7.12. The fraction of sp³-hybridized carbons (Fsp3) is 0.714. The van der Waals surface area contributed by atoms with Gasteiger partial charge in [-0.15, -0.1) is 0 Å². The first kappa shape index (κ1) is 25.2. The van der Waals surface area contributed by atoms with Gasteiger partial charge in [0.2, 0.25) is 0 Å². The molecule has 0 spiro atoms. The Morgan fingerprint density at radius 1 is 1.32 bits per heavy atom. The number of carbonyl (C=O) groups excluding carboxylic acids is 1. The second kappa shape index (κ2) is 9.62. The fourth-order valence-electron chi connectivity index (χ4n) is 6.15. The molecule has 3 heterocycles. The quantitative estimate of drug-likeness (QED) is 0.593. The molecule has 4 rings (SSSR count). The molecule has 0 amide bonds. The Labute approximate surface area is 203 Å². The lowest BCUT2D eigenvalue weighted by molar-refractivity contribution is -0.133. The van der Waals surface area contributed by atoms with E-state index in [2.05, 4.69) is 40.7 Å². The third kappa shape index (κ3) is 4.51. The third-order valence-electron chi connectivity index (χ3n) is 8.32. The Morgan fingerprint density at radius 2 is 2.06 bits per heavy atom. The summed E-state index contributed by atoms with van der Waals surface area (Å²) in [5, 5.41) is 11.5. The molecule has 188 valence electrons. The summed E-state index contributed by atoms with van der Waals surface area (Å²) in [6, 6.07) is 0. The number of rotatable bonds is 6. The van der Waals surface area contributed by atoms with Gasteiger partial charge in [-0.25, -0.2) is 0 Å². The first-order chi connectivity index (χ1) is 16.0. The molecular formula is C28H41NO5. The van der Waals surface area contributed by atoms with Gasteiger partial charge in [0.1, 0.15) is 23.2 Å². The van der Waals surface area contributed by atoms with Crippen LogP contribution in [0.2, 0.25) is 0 Å². The number of ketones is 1. The van der Waals surface area contributed by atoms with Crippen molar-refractivity contribution in [3.8, 4) is 5.75 Å². The van der Waals surface area contributed by atoms with Crippen molar-refractivity contribution >= 4 is 5.78 Å². The van der Waals surface area contributed by atoms with E-state index in [1.807, 2.05) is 0 Å². The fourth-order valence-corrected chi connectivity index (χ4v) is 6.15. The highest BCUT2D eigenvalue weighted by Gasteiger charge is 2.53. The zero-order valence-electron chi connectivity index (χ0n) is 21.6. The van der Waals surface area contributed by atoms with Crippen LogP contribution >= 0.6 is 0 Å². The van der Waals surface area contributed by atoms with Crippen LogP contribution in [0.5, 0.6) is 5.75 Å². The maximum atomic E-state index is 13.3. The number of hydrogen-bond acceptors (Lipinski definition) is 5. The molecule has 34 heavy (non-hydrogen) atoms. The van der Waals surface area contributed by atoms with E-state index in [0.717, 1.165) is 19.3 Å². The van der Waals surface area contributed by atoms with E-state index in [1.54, 1.807) is 13.2 Å². The molecule has 3 aliphatic rings. The zero-order valence-corrected chi connectivity index (χ0v) is 21.6. The maximum Gasteiger partial charge on any atom is 0.259 e. The summed E-state index contributed by atoms with van der Waals surface area (Å²) in [6.07, 6.45) is 7.74. The number of allylic oxidation sites excluding steroid dienone is 1. The molecule has 1 saturated heterocycles. The molecule has 1 N–H and O–H groups in total. The van der Waals surface area contributed by atoms with E-state index in [-0.39, 0.29) is 23.9 Å². The number of aromatic nitrogens is 1. The summed E-state index contributed by atoms with van der Waals surface area (Å²) in [5.74, 6) is 2.04. The van der Waals surface area contributed by atoms with Gasteiger partial charge in [-0.3, -0.25) is 9.59 Å². The van der Waals surface area contributed by atoms with Crippen molar-refractivity contribution < 1.29 is 19.4 Å². The van der Waals surface area contributed by atoms with Crippen molar-refractivity contribution in [2.75, 3.05) is 0 Å². The highest BCUT2D eigenvalue weighted by molar-refractivity contribution is 5.81. The van der Waals surface area contributed by atoms with Gasteiger partial charge in [0.15, 0.2) is 0 Å². The molecule has 6 nitrogen and oxygen atoms in total. The minimum absolute atomic E-state index is 0.0629. The zero-order chi connectivity index (χ0) is 24.8. The molecule has 1 aromatic heterocycles. The van der Waals surface area contributed by atoms with Gasteiger partial charge < -0.3 is 19.1 Å².